The summed E-state index contributed by atoms with van der Waals surface area (Å²) in [7, 11) is 1.92. The first-order valence-electron chi connectivity index (χ1n) is 9.28. The number of benzene rings is 1. The number of likely N-dealkylation sites (tertiary alicyclic amines) is 1. The lowest BCUT2D eigenvalue weighted by Gasteiger charge is -2.35. The summed E-state index contributed by atoms with van der Waals surface area (Å²) in [6.45, 7) is 6.06. The first-order valence-corrected chi connectivity index (χ1v) is 9.28. The van der Waals surface area contributed by atoms with E-state index >= 15 is 0 Å². The van der Waals surface area contributed by atoms with Gasteiger partial charge in [-0.1, -0.05) is 54.7 Å². The van der Waals surface area contributed by atoms with Gasteiger partial charge < -0.3 is 10.6 Å². The van der Waals surface area contributed by atoms with Crippen LogP contribution >= 0.6 is 0 Å². The maximum absolute atomic E-state index is 13.2. The van der Waals surface area contributed by atoms with Crippen molar-refractivity contribution < 1.29 is 4.79 Å². The molecule has 0 saturated carbocycles. The summed E-state index contributed by atoms with van der Waals surface area (Å²) >= 11 is 0. The van der Waals surface area contributed by atoms with E-state index in [2.05, 4.69) is 30.9 Å². The van der Waals surface area contributed by atoms with Crippen molar-refractivity contribution in [1.82, 2.24) is 4.90 Å². The zero-order valence-corrected chi connectivity index (χ0v) is 15.6. The molecule has 1 aromatic carbocycles. The van der Waals surface area contributed by atoms with Crippen LogP contribution in [0.25, 0.3) is 0 Å². The molecule has 0 spiro atoms. The highest BCUT2D eigenvalue weighted by molar-refractivity contribution is 5.82. The Morgan fingerprint density at radius 2 is 2.04 bits per heavy atom. The summed E-state index contributed by atoms with van der Waals surface area (Å²) in [5.41, 5.74) is 7.98. The van der Waals surface area contributed by atoms with Crippen molar-refractivity contribution >= 4 is 11.6 Å². The monoisotopic (exact) mass is 348 g/mol. The molecule has 5 atom stereocenters. The summed E-state index contributed by atoms with van der Waals surface area (Å²) in [6.07, 6.45) is 15.4. The lowest BCUT2D eigenvalue weighted by molar-refractivity contribution is -0.134. The maximum Gasteiger partial charge on any atom is 0.230 e. The summed E-state index contributed by atoms with van der Waals surface area (Å²) in [5, 5.41) is 0. The molecule has 1 saturated heterocycles. The summed E-state index contributed by atoms with van der Waals surface area (Å²) in [4.78, 5) is 15.1. The molecule has 0 bridgehead atoms. The topological polar surface area (TPSA) is 46.3 Å². The molecule has 1 heterocycles. The van der Waals surface area contributed by atoms with Crippen LogP contribution in [-0.2, 0) is 11.2 Å². The number of carbonyl (C=O) groups excluding carboxylic acids is 1. The Hall–Kier alpha value is -2.55. The van der Waals surface area contributed by atoms with E-state index in [4.69, 9.17) is 5.73 Å². The highest BCUT2D eigenvalue weighted by Gasteiger charge is 2.44. The van der Waals surface area contributed by atoms with E-state index in [1.54, 1.807) is 0 Å². The number of nitrogen functional groups attached to an aromatic ring is 1. The third-order valence-corrected chi connectivity index (χ3v) is 5.72. The first kappa shape index (κ1) is 18.2. The fourth-order valence-corrected chi connectivity index (χ4v) is 4.47. The zero-order chi connectivity index (χ0) is 18.7. The molecule has 1 amide bonds. The van der Waals surface area contributed by atoms with Crippen LogP contribution in [0.3, 0.4) is 0 Å². The number of allylic oxidation sites excluding steroid dienone is 4. The van der Waals surface area contributed by atoms with Crippen molar-refractivity contribution in [1.29, 1.82) is 0 Å². The Morgan fingerprint density at radius 3 is 2.73 bits per heavy atom. The molecule has 3 heteroatoms. The number of likely N-dealkylation sites (N-methyl/N-ethyl adjacent to an activating group) is 1. The molecule has 2 N–H and O–H groups in total. The molecular formula is C23H28N2O. The molecular weight excluding hydrogens is 320 g/mol. The number of amides is 1. The molecule has 1 aromatic rings. The predicted molar refractivity (Wildman–Crippen MR) is 108 cm³/mol. The summed E-state index contributed by atoms with van der Waals surface area (Å²) in [5.74, 6) is 0.594. The SMILES string of the molecule is C=CC1C(/C=C\C)C(=O)N(C)C2C=CC=CC2C1Cc1cccc(N)c1. The Kier molecular flexibility index (Phi) is 5.46. The van der Waals surface area contributed by atoms with E-state index in [0.717, 1.165) is 12.1 Å². The van der Waals surface area contributed by atoms with Gasteiger partial charge in [0.1, 0.15) is 0 Å². The second-order valence-electron chi connectivity index (χ2n) is 7.26. The van der Waals surface area contributed by atoms with Crippen molar-refractivity contribution in [2.75, 3.05) is 12.8 Å². The maximum atomic E-state index is 13.2. The Morgan fingerprint density at radius 1 is 1.27 bits per heavy atom. The standard InChI is InChI=1S/C23H28N2O/c1-4-9-20-18(5-2)21(15-16-10-8-11-17(24)14-16)19-12-6-7-13-22(19)25(3)23(20)26/h4-14,18-22H,2,15,24H2,1,3H3/b9-4-. The largest absolute Gasteiger partial charge is 0.399 e. The minimum atomic E-state index is -0.180. The Balaban J connectivity index is 2.06. The van der Waals surface area contributed by atoms with E-state index in [9.17, 15) is 4.79 Å². The lowest BCUT2D eigenvalue weighted by atomic mass is 9.70. The van der Waals surface area contributed by atoms with Crippen LogP contribution in [0.5, 0.6) is 0 Å². The second-order valence-corrected chi connectivity index (χ2v) is 7.26. The molecule has 3 rings (SSSR count). The van der Waals surface area contributed by atoms with Crippen molar-refractivity contribution in [3.05, 3.63) is 78.9 Å². The van der Waals surface area contributed by atoms with Gasteiger partial charge in [-0.3, -0.25) is 4.79 Å². The number of rotatable bonds is 4. The average molecular weight is 348 g/mol. The van der Waals surface area contributed by atoms with Gasteiger partial charge in [0.2, 0.25) is 5.91 Å². The van der Waals surface area contributed by atoms with Gasteiger partial charge in [-0.15, -0.1) is 6.58 Å². The van der Waals surface area contributed by atoms with Crippen LogP contribution in [0.2, 0.25) is 0 Å². The van der Waals surface area contributed by atoms with E-state index < -0.39 is 0 Å². The highest BCUT2D eigenvalue weighted by Crippen LogP contribution is 2.41. The average Bonchev–Trinajstić information content (AvgIpc) is 2.72. The van der Waals surface area contributed by atoms with Gasteiger partial charge in [-0.25, -0.2) is 0 Å². The fourth-order valence-electron chi connectivity index (χ4n) is 4.47. The van der Waals surface area contributed by atoms with Crippen LogP contribution in [0.4, 0.5) is 5.69 Å². The van der Waals surface area contributed by atoms with E-state index in [0.29, 0.717) is 0 Å². The fraction of sp³-hybridized carbons (Fsp3) is 0.348. The number of hydrogen-bond donors (Lipinski definition) is 1. The molecule has 1 aliphatic carbocycles. The van der Waals surface area contributed by atoms with Gasteiger partial charge in [0.15, 0.2) is 0 Å². The van der Waals surface area contributed by atoms with Crippen LogP contribution in [0, 0.1) is 23.7 Å². The van der Waals surface area contributed by atoms with Crippen molar-refractivity contribution in [2.24, 2.45) is 23.7 Å². The minimum absolute atomic E-state index is 0.0775. The lowest BCUT2D eigenvalue weighted by Crippen LogP contribution is -2.41. The first-order chi connectivity index (χ1) is 12.6. The minimum Gasteiger partial charge on any atom is -0.399 e. The summed E-state index contributed by atoms with van der Waals surface area (Å²) in [6, 6.07) is 8.15. The summed E-state index contributed by atoms with van der Waals surface area (Å²) < 4.78 is 0. The molecule has 136 valence electrons. The van der Waals surface area contributed by atoms with E-state index in [-0.39, 0.29) is 35.6 Å². The molecule has 26 heavy (non-hydrogen) atoms. The van der Waals surface area contributed by atoms with Gasteiger partial charge >= 0.3 is 0 Å². The molecule has 3 nitrogen and oxygen atoms in total. The number of fused-ring (bicyclic) bond motifs is 1. The van der Waals surface area contributed by atoms with E-state index in [1.165, 1.54) is 5.56 Å². The van der Waals surface area contributed by atoms with Crippen LogP contribution < -0.4 is 5.73 Å². The molecule has 0 aromatic heterocycles. The smallest absolute Gasteiger partial charge is 0.230 e. The number of carbonyl (C=O) groups is 1. The number of hydrogen-bond acceptors (Lipinski definition) is 2. The van der Waals surface area contributed by atoms with Gasteiger partial charge in [0, 0.05) is 18.7 Å². The predicted octanol–water partition coefficient (Wildman–Crippen LogP) is 4.00. The Labute approximate surface area is 156 Å². The molecule has 2 aliphatic rings. The molecule has 1 fully saturated rings. The Bertz CT molecular complexity index is 761. The van der Waals surface area contributed by atoms with Gasteiger partial charge in [-0.05, 0) is 42.9 Å². The third kappa shape index (κ3) is 3.39. The normalized spacial score (nSPS) is 31.1. The van der Waals surface area contributed by atoms with Crippen molar-refractivity contribution in [2.45, 2.75) is 19.4 Å². The van der Waals surface area contributed by atoms with Crippen LogP contribution in [0.1, 0.15) is 12.5 Å². The second kappa shape index (κ2) is 7.77. The van der Waals surface area contributed by atoms with Gasteiger partial charge in [0.25, 0.3) is 0 Å². The highest BCUT2D eigenvalue weighted by atomic mass is 16.2. The van der Waals surface area contributed by atoms with E-state index in [1.807, 2.05) is 61.4 Å². The third-order valence-electron chi connectivity index (χ3n) is 5.72. The van der Waals surface area contributed by atoms with Crippen molar-refractivity contribution in [3.63, 3.8) is 0 Å². The number of nitrogens with zero attached hydrogens (tertiary/aromatic N) is 1. The molecule has 5 unspecified atom stereocenters. The van der Waals surface area contributed by atoms with Crippen LogP contribution in [-0.4, -0.2) is 23.9 Å². The quantitative estimate of drug-likeness (QED) is 0.660. The zero-order valence-electron chi connectivity index (χ0n) is 15.6. The van der Waals surface area contributed by atoms with Gasteiger partial charge in [-0.2, -0.15) is 0 Å². The van der Waals surface area contributed by atoms with Gasteiger partial charge in [0.05, 0.1) is 12.0 Å². The number of nitrogens with two attached hydrogens (primary N) is 1. The molecule has 0 radical (unpaired) electrons. The molecule has 1 aliphatic heterocycles. The van der Waals surface area contributed by atoms with Crippen molar-refractivity contribution in [3.8, 4) is 0 Å². The van der Waals surface area contributed by atoms with Crippen LogP contribution in [0.15, 0.2) is 73.4 Å². The number of anilines is 1.